The maximum absolute atomic E-state index is 12.2. The highest BCUT2D eigenvalue weighted by molar-refractivity contribution is 9.10. The van der Waals surface area contributed by atoms with E-state index in [-0.39, 0.29) is 11.9 Å². The van der Waals surface area contributed by atoms with Gasteiger partial charge in [0.2, 0.25) is 5.91 Å². The molecule has 0 spiro atoms. The highest BCUT2D eigenvalue weighted by Gasteiger charge is 2.32. The number of nitriles is 1. The van der Waals surface area contributed by atoms with Crippen LogP contribution in [0.5, 0.6) is 0 Å². The molecule has 5 heteroatoms. The Labute approximate surface area is 115 Å². The smallest absolute Gasteiger partial charge is 0.244 e. The summed E-state index contributed by atoms with van der Waals surface area (Å²) >= 11 is 3.33. The molecule has 1 saturated heterocycles. The van der Waals surface area contributed by atoms with Crippen molar-refractivity contribution in [2.24, 2.45) is 0 Å². The molecule has 18 heavy (non-hydrogen) atoms. The van der Waals surface area contributed by atoms with Crippen molar-refractivity contribution in [1.82, 2.24) is 5.32 Å². The molecule has 94 valence electrons. The first-order valence-electron chi connectivity index (χ1n) is 5.91. The lowest BCUT2D eigenvalue weighted by atomic mass is 10.2. The number of hydrogen-bond acceptors (Lipinski definition) is 3. The molecule has 1 atom stereocenters. The van der Waals surface area contributed by atoms with Crippen LogP contribution in [0, 0.1) is 11.3 Å². The van der Waals surface area contributed by atoms with Gasteiger partial charge in [-0.1, -0.05) is 22.9 Å². The third kappa shape index (κ3) is 2.40. The molecule has 1 amide bonds. The molecule has 1 unspecified atom stereocenters. The van der Waals surface area contributed by atoms with E-state index in [2.05, 4.69) is 27.3 Å². The van der Waals surface area contributed by atoms with Gasteiger partial charge in [-0.25, -0.2) is 0 Å². The summed E-state index contributed by atoms with van der Waals surface area (Å²) in [7, 11) is 0. The molecule has 1 fully saturated rings. The average Bonchev–Trinajstić information content (AvgIpc) is 2.72. The van der Waals surface area contributed by atoms with E-state index < -0.39 is 0 Å². The van der Waals surface area contributed by atoms with Gasteiger partial charge in [0, 0.05) is 11.0 Å². The topological polar surface area (TPSA) is 56.1 Å². The van der Waals surface area contributed by atoms with Crippen LogP contribution in [0.4, 0.5) is 5.69 Å². The number of carbonyl (C=O) groups is 1. The first-order valence-corrected chi connectivity index (χ1v) is 6.71. The molecule has 1 N–H and O–H groups in total. The highest BCUT2D eigenvalue weighted by Crippen LogP contribution is 2.27. The standard InChI is InChI=1S/C13H14BrN3O/c1-2-16-11-5-6-17(13(11)18)12-4-3-10(14)7-9(12)8-15/h3-4,7,11,16H,2,5-6H2,1H3. The monoisotopic (exact) mass is 307 g/mol. The van der Waals surface area contributed by atoms with Gasteiger partial charge in [0.1, 0.15) is 6.07 Å². The second-order valence-electron chi connectivity index (χ2n) is 4.16. The third-order valence-corrected chi connectivity index (χ3v) is 3.52. The summed E-state index contributed by atoms with van der Waals surface area (Å²) in [6, 6.07) is 7.42. The Balaban J connectivity index is 2.29. The number of amides is 1. The van der Waals surface area contributed by atoms with Crippen molar-refractivity contribution < 1.29 is 4.79 Å². The van der Waals surface area contributed by atoms with Gasteiger partial charge in [0.15, 0.2) is 0 Å². The minimum absolute atomic E-state index is 0.0515. The summed E-state index contributed by atoms with van der Waals surface area (Å²) in [5, 5.41) is 12.3. The third-order valence-electron chi connectivity index (χ3n) is 3.03. The SMILES string of the molecule is CCNC1CCN(c2ccc(Br)cc2C#N)C1=O. The number of anilines is 1. The lowest BCUT2D eigenvalue weighted by molar-refractivity contribution is -0.118. The van der Waals surface area contributed by atoms with Crippen LogP contribution in [0.25, 0.3) is 0 Å². The second-order valence-corrected chi connectivity index (χ2v) is 5.08. The van der Waals surface area contributed by atoms with Crippen LogP contribution < -0.4 is 10.2 Å². The molecule has 1 heterocycles. The fourth-order valence-electron chi connectivity index (χ4n) is 2.19. The van der Waals surface area contributed by atoms with E-state index in [1.807, 2.05) is 19.1 Å². The lowest BCUT2D eigenvalue weighted by Crippen LogP contribution is -2.38. The van der Waals surface area contributed by atoms with Gasteiger partial charge in [0.05, 0.1) is 17.3 Å². The van der Waals surface area contributed by atoms with Crippen molar-refractivity contribution in [3.8, 4) is 6.07 Å². The number of likely N-dealkylation sites (N-methyl/N-ethyl adjacent to an activating group) is 1. The van der Waals surface area contributed by atoms with Crippen LogP contribution in [0.2, 0.25) is 0 Å². The maximum atomic E-state index is 12.2. The molecule has 0 radical (unpaired) electrons. The van der Waals surface area contributed by atoms with Gasteiger partial charge >= 0.3 is 0 Å². The van der Waals surface area contributed by atoms with E-state index in [9.17, 15) is 4.79 Å². The van der Waals surface area contributed by atoms with Gasteiger partial charge in [-0.15, -0.1) is 0 Å². The maximum Gasteiger partial charge on any atom is 0.244 e. The van der Waals surface area contributed by atoms with Gasteiger partial charge in [-0.05, 0) is 31.2 Å². The zero-order valence-corrected chi connectivity index (χ0v) is 11.7. The van der Waals surface area contributed by atoms with E-state index in [4.69, 9.17) is 5.26 Å². The molecule has 0 aliphatic carbocycles. The van der Waals surface area contributed by atoms with Gasteiger partial charge < -0.3 is 10.2 Å². The fourth-order valence-corrected chi connectivity index (χ4v) is 2.55. The van der Waals surface area contributed by atoms with E-state index in [1.54, 1.807) is 11.0 Å². The molecule has 0 aromatic heterocycles. The predicted octanol–water partition coefficient (Wildman–Crippen LogP) is 2.04. The Hall–Kier alpha value is -1.38. The molecule has 1 aliphatic rings. The Bertz CT molecular complexity index is 509. The first-order chi connectivity index (χ1) is 8.67. The van der Waals surface area contributed by atoms with Crippen molar-refractivity contribution in [3.05, 3.63) is 28.2 Å². The second kappa shape index (κ2) is 5.51. The molecular formula is C13H14BrN3O. The normalized spacial score (nSPS) is 19.1. The molecule has 0 saturated carbocycles. The van der Waals surface area contributed by atoms with Crippen molar-refractivity contribution in [2.75, 3.05) is 18.0 Å². The van der Waals surface area contributed by atoms with E-state index in [1.165, 1.54) is 0 Å². The largest absolute Gasteiger partial charge is 0.310 e. The van der Waals surface area contributed by atoms with Crippen molar-refractivity contribution >= 4 is 27.5 Å². The average molecular weight is 308 g/mol. The fraction of sp³-hybridized carbons (Fsp3) is 0.385. The van der Waals surface area contributed by atoms with E-state index >= 15 is 0 Å². The molecule has 2 rings (SSSR count). The number of halogens is 1. The Kier molecular flexibility index (Phi) is 4.00. The molecule has 0 bridgehead atoms. The Morgan fingerprint density at radius 3 is 3.06 bits per heavy atom. The number of nitrogens with zero attached hydrogens (tertiary/aromatic N) is 2. The van der Waals surface area contributed by atoms with Crippen LogP contribution in [0.1, 0.15) is 18.9 Å². The summed E-state index contributed by atoms with van der Waals surface area (Å²) in [5.74, 6) is 0.0515. The molecular weight excluding hydrogens is 294 g/mol. The number of carbonyl (C=O) groups excluding carboxylic acids is 1. The minimum atomic E-state index is -0.120. The molecule has 1 aromatic carbocycles. The van der Waals surface area contributed by atoms with Crippen molar-refractivity contribution in [2.45, 2.75) is 19.4 Å². The van der Waals surface area contributed by atoms with Gasteiger partial charge in [-0.3, -0.25) is 4.79 Å². The molecule has 1 aliphatic heterocycles. The van der Waals surface area contributed by atoms with Crippen LogP contribution in [-0.4, -0.2) is 25.0 Å². The highest BCUT2D eigenvalue weighted by atomic mass is 79.9. The number of benzene rings is 1. The predicted molar refractivity (Wildman–Crippen MR) is 73.3 cm³/mol. The van der Waals surface area contributed by atoms with E-state index in [0.717, 1.165) is 17.4 Å². The first kappa shape index (κ1) is 13.1. The van der Waals surface area contributed by atoms with Gasteiger partial charge in [0.25, 0.3) is 0 Å². The van der Waals surface area contributed by atoms with Crippen LogP contribution in [-0.2, 0) is 4.79 Å². The zero-order chi connectivity index (χ0) is 13.1. The lowest BCUT2D eigenvalue weighted by Gasteiger charge is -2.18. The summed E-state index contributed by atoms with van der Waals surface area (Å²) in [6.45, 7) is 3.42. The Morgan fingerprint density at radius 1 is 1.61 bits per heavy atom. The zero-order valence-electron chi connectivity index (χ0n) is 10.1. The van der Waals surface area contributed by atoms with Gasteiger partial charge in [-0.2, -0.15) is 5.26 Å². The summed E-state index contributed by atoms with van der Waals surface area (Å²) < 4.78 is 0.845. The molecule has 4 nitrogen and oxygen atoms in total. The van der Waals surface area contributed by atoms with Crippen molar-refractivity contribution in [3.63, 3.8) is 0 Å². The summed E-state index contributed by atoms with van der Waals surface area (Å²) in [5.41, 5.74) is 1.22. The minimum Gasteiger partial charge on any atom is -0.310 e. The summed E-state index contributed by atoms with van der Waals surface area (Å²) in [4.78, 5) is 13.9. The Morgan fingerprint density at radius 2 is 2.39 bits per heavy atom. The molecule has 1 aromatic rings. The quantitative estimate of drug-likeness (QED) is 0.929. The number of rotatable bonds is 3. The van der Waals surface area contributed by atoms with Crippen LogP contribution in [0.15, 0.2) is 22.7 Å². The van der Waals surface area contributed by atoms with E-state index in [0.29, 0.717) is 17.8 Å². The van der Waals surface area contributed by atoms with Crippen molar-refractivity contribution in [1.29, 1.82) is 5.26 Å². The van der Waals surface area contributed by atoms with Crippen LogP contribution >= 0.6 is 15.9 Å². The van der Waals surface area contributed by atoms with Crippen LogP contribution in [0.3, 0.4) is 0 Å². The number of hydrogen-bond donors (Lipinski definition) is 1. The summed E-state index contributed by atoms with van der Waals surface area (Å²) in [6.07, 6.45) is 0.785. The number of nitrogens with one attached hydrogen (secondary N) is 1.